The van der Waals surface area contributed by atoms with E-state index in [0.717, 1.165) is 36.9 Å². The van der Waals surface area contributed by atoms with E-state index in [1.54, 1.807) is 7.11 Å². The Labute approximate surface area is 137 Å². The summed E-state index contributed by atoms with van der Waals surface area (Å²) in [7, 11) is 1.62. The average Bonchev–Trinajstić information content (AvgIpc) is 3.40. The number of anilines is 1. The van der Waals surface area contributed by atoms with Gasteiger partial charge in [0, 0.05) is 19.4 Å². The molecule has 0 atom stereocenters. The number of rotatable bonds is 7. The van der Waals surface area contributed by atoms with Gasteiger partial charge in [0.05, 0.1) is 6.61 Å². The van der Waals surface area contributed by atoms with Gasteiger partial charge in [0.2, 0.25) is 0 Å². The van der Waals surface area contributed by atoms with E-state index in [-0.39, 0.29) is 5.91 Å². The molecule has 0 unspecified atom stereocenters. The van der Waals surface area contributed by atoms with Crippen molar-refractivity contribution in [1.82, 2.24) is 5.32 Å². The second-order valence-corrected chi connectivity index (χ2v) is 6.56. The Kier molecular flexibility index (Phi) is 5.30. The summed E-state index contributed by atoms with van der Waals surface area (Å²) in [5, 5.41) is 6.27. The first-order chi connectivity index (χ1) is 11.2. The zero-order valence-corrected chi connectivity index (χ0v) is 13.8. The van der Waals surface area contributed by atoms with Gasteiger partial charge in [-0.15, -0.1) is 0 Å². The number of piperidine rings is 1. The number of methoxy groups -OCH3 is 1. The fraction of sp³-hybridized carbons (Fsp3) is 0.611. The van der Waals surface area contributed by atoms with Crippen LogP contribution in [0.3, 0.4) is 0 Å². The summed E-state index contributed by atoms with van der Waals surface area (Å²) in [4.78, 5) is 12.6. The molecule has 1 saturated carbocycles. The zero-order valence-electron chi connectivity index (χ0n) is 13.8. The molecule has 126 valence electrons. The number of carbonyl (C=O) groups excluding carboxylic acids is 1. The van der Waals surface area contributed by atoms with Gasteiger partial charge in [-0.2, -0.15) is 0 Å². The highest BCUT2D eigenvalue weighted by molar-refractivity contribution is 5.97. The van der Waals surface area contributed by atoms with Crippen LogP contribution in [0.15, 0.2) is 24.3 Å². The maximum atomic E-state index is 12.6. The van der Waals surface area contributed by atoms with Crippen molar-refractivity contribution in [1.29, 1.82) is 0 Å². The van der Waals surface area contributed by atoms with E-state index in [4.69, 9.17) is 9.47 Å². The lowest BCUT2D eigenvalue weighted by Gasteiger charge is -2.34. The van der Waals surface area contributed by atoms with Crippen LogP contribution in [0.2, 0.25) is 0 Å². The van der Waals surface area contributed by atoms with Crippen molar-refractivity contribution < 1.29 is 14.3 Å². The number of carbonyl (C=O) groups is 1. The van der Waals surface area contributed by atoms with Crippen LogP contribution in [0.4, 0.5) is 5.69 Å². The Bertz CT molecular complexity index is 537. The molecule has 1 saturated heterocycles. The molecule has 2 N–H and O–H groups in total. The van der Waals surface area contributed by atoms with E-state index in [2.05, 4.69) is 10.6 Å². The van der Waals surface area contributed by atoms with Crippen LogP contribution in [0, 0.1) is 5.92 Å². The van der Waals surface area contributed by atoms with E-state index in [1.807, 2.05) is 24.3 Å². The molecule has 1 aromatic rings. The minimum atomic E-state index is -0.719. The molecule has 1 aromatic carbocycles. The molecule has 0 aromatic heterocycles. The number of amides is 1. The van der Waals surface area contributed by atoms with Crippen LogP contribution in [0.1, 0.15) is 31.2 Å². The summed E-state index contributed by atoms with van der Waals surface area (Å²) < 4.78 is 11.3. The van der Waals surface area contributed by atoms with Crippen molar-refractivity contribution in [2.24, 2.45) is 5.92 Å². The van der Waals surface area contributed by atoms with Crippen LogP contribution in [0.25, 0.3) is 0 Å². The molecular formula is C18H26N2O3. The standard InChI is InChI=1S/C18H26N2O3/c1-22-18(7-9-19-10-8-18)17(21)20-16-4-2-3-15(11-16)13-23-12-14-5-6-14/h2-4,11,14,19H,5-10,12-13H2,1H3,(H,20,21). The van der Waals surface area contributed by atoms with Gasteiger partial charge in [-0.1, -0.05) is 12.1 Å². The Hall–Kier alpha value is -1.43. The van der Waals surface area contributed by atoms with E-state index >= 15 is 0 Å². The van der Waals surface area contributed by atoms with Crippen molar-refractivity contribution in [3.05, 3.63) is 29.8 Å². The number of ether oxygens (including phenoxy) is 2. The van der Waals surface area contributed by atoms with Gasteiger partial charge >= 0.3 is 0 Å². The van der Waals surface area contributed by atoms with Gasteiger partial charge in [0.15, 0.2) is 0 Å². The maximum absolute atomic E-state index is 12.6. The van der Waals surface area contributed by atoms with Gasteiger partial charge in [0.1, 0.15) is 5.60 Å². The molecule has 2 aliphatic rings. The van der Waals surface area contributed by atoms with Crippen LogP contribution in [-0.4, -0.2) is 38.3 Å². The minimum absolute atomic E-state index is 0.0578. The van der Waals surface area contributed by atoms with E-state index in [1.165, 1.54) is 12.8 Å². The lowest BCUT2D eigenvalue weighted by Crippen LogP contribution is -2.51. The molecule has 1 aliphatic carbocycles. The molecule has 5 heteroatoms. The number of nitrogens with one attached hydrogen (secondary N) is 2. The molecule has 1 amide bonds. The van der Waals surface area contributed by atoms with Crippen LogP contribution >= 0.6 is 0 Å². The van der Waals surface area contributed by atoms with E-state index < -0.39 is 5.60 Å². The first-order valence-corrected chi connectivity index (χ1v) is 8.46. The summed E-state index contributed by atoms with van der Waals surface area (Å²) in [6.07, 6.45) is 3.98. The monoisotopic (exact) mass is 318 g/mol. The average molecular weight is 318 g/mol. The molecule has 2 fully saturated rings. The van der Waals surface area contributed by atoms with Gasteiger partial charge in [0.25, 0.3) is 5.91 Å². The molecule has 5 nitrogen and oxygen atoms in total. The zero-order chi connectivity index (χ0) is 16.1. The molecule has 1 heterocycles. The Morgan fingerprint density at radius 3 is 2.83 bits per heavy atom. The SMILES string of the molecule is COC1(C(=O)Nc2cccc(COCC3CC3)c2)CCNCC1. The number of hydrogen-bond acceptors (Lipinski definition) is 4. The van der Waals surface area contributed by atoms with Gasteiger partial charge in [-0.05, 0) is 62.4 Å². The predicted octanol–water partition coefficient (Wildman–Crippen LogP) is 2.32. The highest BCUT2D eigenvalue weighted by atomic mass is 16.5. The summed E-state index contributed by atoms with van der Waals surface area (Å²) in [5.74, 6) is 0.705. The highest BCUT2D eigenvalue weighted by Gasteiger charge is 2.39. The molecule has 0 spiro atoms. The van der Waals surface area contributed by atoms with Crippen molar-refractivity contribution in [2.75, 3.05) is 32.1 Å². The van der Waals surface area contributed by atoms with Gasteiger partial charge in [-0.25, -0.2) is 0 Å². The Morgan fingerprint density at radius 2 is 2.13 bits per heavy atom. The second kappa shape index (κ2) is 7.43. The van der Waals surface area contributed by atoms with Crippen molar-refractivity contribution in [3.63, 3.8) is 0 Å². The fourth-order valence-corrected chi connectivity index (χ4v) is 2.97. The molecule has 23 heavy (non-hydrogen) atoms. The summed E-state index contributed by atoms with van der Waals surface area (Å²) in [6, 6.07) is 7.87. The van der Waals surface area contributed by atoms with Crippen molar-refractivity contribution in [2.45, 2.75) is 37.9 Å². The van der Waals surface area contributed by atoms with Gasteiger partial charge < -0.3 is 20.1 Å². The topological polar surface area (TPSA) is 59.6 Å². The van der Waals surface area contributed by atoms with Crippen LogP contribution in [0.5, 0.6) is 0 Å². The molecular weight excluding hydrogens is 292 g/mol. The summed E-state index contributed by atoms with van der Waals surface area (Å²) in [5.41, 5.74) is 1.17. The first kappa shape index (κ1) is 16.4. The lowest BCUT2D eigenvalue weighted by atomic mass is 9.91. The Balaban J connectivity index is 1.58. The number of hydrogen-bond donors (Lipinski definition) is 2. The Morgan fingerprint density at radius 1 is 1.35 bits per heavy atom. The second-order valence-electron chi connectivity index (χ2n) is 6.56. The van der Waals surface area contributed by atoms with E-state index in [9.17, 15) is 4.79 Å². The third-order valence-corrected chi connectivity index (χ3v) is 4.72. The predicted molar refractivity (Wildman–Crippen MR) is 89.3 cm³/mol. The quantitative estimate of drug-likeness (QED) is 0.810. The molecule has 1 aliphatic heterocycles. The van der Waals surface area contributed by atoms with Crippen molar-refractivity contribution in [3.8, 4) is 0 Å². The number of benzene rings is 1. The molecule has 0 radical (unpaired) electrons. The normalized spacial score (nSPS) is 20.2. The maximum Gasteiger partial charge on any atom is 0.256 e. The van der Waals surface area contributed by atoms with Crippen LogP contribution in [-0.2, 0) is 20.9 Å². The summed E-state index contributed by atoms with van der Waals surface area (Å²) >= 11 is 0. The minimum Gasteiger partial charge on any atom is -0.376 e. The molecule has 3 rings (SSSR count). The first-order valence-electron chi connectivity index (χ1n) is 8.46. The van der Waals surface area contributed by atoms with Crippen LogP contribution < -0.4 is 10.6 Å². The lowest BCUT2D eigenvalue weighted by molar-refractivity contribution is -0.140. The van der Waals surface area contributed by atoms with E-state index in [0.29, 0.717) is 19.4 Å². The third kappa shape index (κ3) is 4.31. The third-order valence-electron chi connectivity index (χ3n) is 4.72. The largest absolute Gasteiger partial charge is 0.376 e. The highest BCUT2D eigenvalue weighted by Crippen LogP contribution is 2.29. The summed E-state index contributed by atoms with van der Waals surface area (Å²) in [6.45, 7) is 3.04. The fourth-order valence-electron chi connectivity index (χ4n) is 2.97. The smallest absolute Gasteiger partial charge is 0.256 e. The molecule has 0 bridgehead atoms. The van der Waals surface area contributed by atoms with Crippen molar-refractivity contribution >= 4 is 11.6 Å². The van der Waals surface area contributed by atoms with Gasteiger partial charge in [-0.3, -0.25) is 4.79 Å².